The molecule has 3 atom stereocenters. The third-order valence-corrected chi connectivity index (χ3v) is 3.76. The number of unbranched alkanes of at least 4 members (excludes halogenated alkanes) is 1. The Kier molecular flexibility index (Phi) is 3.42. The molecule has 3 unspecified atom stereocenters. The minimum atomic E-state index is -0.327. The second kappa shape index (κ2) is 5.21. The van der Waals surface area contributed by atoms with Crippen LogP contribution in [0.5, 0.6) is 0 Å². The number of carbonyl (C=O) groups excluding carboxylic acids is 1. The molecule has 4 nitrogen and oxygen atoms in total. The number of hydrogen-bond acceptors (Lipinski definition) is 3. The topological polar surface area (TPSA) is 50.9 Å². The maximum atomic E-state index is 11.7. The van der Waals surface area contributed by atoms with Gasteiger partial charge in [0.1, 0.15) is 12.2 Å². The van der Waals surface area contributed by atoms with Gasteiger partial charge < -0.3 is 14.8 Å². The number of nitrogens with one attached hydrogen (secondary N) is 1. The summed E-state index contributed by atoms with van der Waals surface area (Å²) in [5.74, 6) is 0. The number of carbonyl (C=O) groups is 1. The Bertz CT molecular complexity index is 474. The van der Waals surface area contributed by atoms with Gasteiger partial charge in [-0.1, -0.05) is 37.6 Å². The average molecular weight is 261 g/mol. The first-order valence-electron chi connectivity index (χ1n) is 6.96. The van der Waals surface area contributed by atoms with Gasteiger partial charge in [0.25, 0.3) is 0 Å². The van der Waals surface area contributed by atoms with Crippen LogP contribution in [-0.4, -0.2) is 24.8 Å². The van der Waals surface area contributed by atoms with Gasteiger partial charge >= 0.3 is 6.09 Å². The summed E-state index contributed by atoms with van der Waals surface area (Å²) >= 11 is 0. The van der Waals surface area contributed by atoms with Crippen molar-refractivity contribution in [1.82, 2.24) is 5.32 Å². The molecule has 1 fully saturated rings. The van der Waals surface area contributed by atoms with E-state index in [2.05, 4.69) is 24.4 Å². The average Bonchev–Trinajstić information content (AvgIpc) is 3.20. The van der Waals surface area contributed by atoms with Crippen LogP contribution in [0.25, 0.3) is 0 Å². The van der Waals surface area contributed by atoms with Crippen LogP contribution in [0, 0.1) is 0 Å². The van der Waals surface area contributed by atoms with Crippen LogP contribution in [0.15, 0.2) is 24.3 Å². The summed E-state index contributed by atoms with van der Waals surface area (Å²) in [6.45, 7) is 2.56. The normalized spacial score (nSPS) is 27.1. The standard InChI is InChI=1S/C15H19NO3/c1-2-3-8-18-15(17)16-12-9-10-6-4-5-7-11(10)13-14(12)19-13/h4-7,12-14H,2-3,8-9H2,1H3,(H,16,17). The monoisotopic (exact) mass is 261 g/mol. The first-order chi connectivity index (χ1) is 9.29. The molecule has 1 saturated heterocycles. The zero-order valence-electron chi connectivity index (χ0n) is 11.1. The summed E-state index contributed by atoms with van der Waals surface area (Å²) in [6, 6.07) is 8.30. The summed E-state index contributed by atoms with van der Waals surface area (Å²) in [6.07, 6.45) is 2.70. The van der Waals surface area contributed by atoms with Crippen LogP contribution < -0.4 is 5.32 Å². The van der Waals surface area contributed by atoms with Crippen molar-refractivity contribution in [3.8, 4) is 0 Å². The highest BCUT2D eigenvalue weighted by Gasteiger charge is 2.50. The molecule has 0 bridgehead atoms. The number of hydrogen-bond donors (Lipinski definition) is 1. The quantitative estimate of drug-likeness (QED) is 0.669. The lowest BCUT2D eigenvalue weighted by Crippen LogP contribution is -2.42. The Balaban J connectivity index is 1.58. The number of amides is 1. The number of rotatable bonds is 4. The molecule has 0 saturated carbocycles. The van der Waals surface area contributed by atoms with Crippen molar-refractivity contribution in [2.45, 2.75) is 44.4 Å². The van der Waals surface area contributed by atoms with Crippen molar-refractivity contribution in [3.05, 3.63) is 35.4 Å². The second-order valence-corrected chi connectivity index (χ2v) is 5.16. The van der Waals surface area contributed by atoms with E-state index in [1.165, 1.54) is 11.1 Å². The molecular formula is C15H19NO3. The molecule has 1 heterocycles. The summed E-state index contributed by atoms with van der Waals surface area (Å²) in [4.78, 5) is 11.7. The molecule has 1 aromatic rings. The first kappa shape index (κ1) is 12.5. The number of benzene rings is 1. The molecule has 2 aliphatic rings. The summed E-state index contributed by atoms with van der Waals surface area (Å²) in [7, 11) is 0. The van der Waals surface area contributed by atoms with Crippen LogP contribution in [-0.2, 0) is 15.9 Å². The van der Waals surface area contributed by atoms with Gasteiger partial charge in [0.15, 0.2) is 0 Å². The maximum Gasteiger partial charge on any atom is 0.407 e. The van der Waals surface area contributed by atoms with Gasteiger partial charge in [-0.05, 0) is 24.0 Å². The Hall–Kier alpha value is -1.55. The Morgan fingerprint density at radius 2 is 2.32 bits per heavy atom. The van der Waals surface area contributed by atoms with E-state index in [1.54, 1.807) is 0 Å². The summed E-state index contributed by atoms with van der Waals surface area (Å²) in [5, 5.41) is 2.92. The van der Waals surface area contributed by atoms with Crippen molar-refractivity contribution in [2.75, 3.05) is 6.61 Å². The highest BCUT2D eigenvalue weighted by Crippen LogP contribution is 2.46. The van der Waals surface area contributed by atoms with Gasteiger partial charge in [-0.3, -0.25) is 0 Å². The van der Waals surface area contributed by atoms with E-state index in [4.69, 9.17) is 9.47 Å². The van der Waals surface area contributed by atoms with E-state index < -0.39 is 0 Å². The van der Waals surface area contributed by atoms with E-state index in [0.29, 0.717) is 6.61 Å². The molecule has 19 heavy (non-hydrogen) atoms. The van der Waals surface area contributed by atoms with Crippen molar-refractivity contribution < 1.29 is 14.3 Å². The molecule has 102 valence electrons. The van der Waals surface area contributed by atoms with Gasteiger partial charge in [0.05, 0.1) is 12.6 Å². The number of ether oxygens (including phenoxy) is 2. The van der Waals surface area contributed by atoms with Gasteiger partial charge in [0.2, 0.25) is 0 Å². The molecule has 1 N–H and O–H groups in total. The predicted octanol–water partition coefficient (Wildman–Crippen LogP) is 2.58. The zero-order chi connectivity index (χ0) is 13.2. The minimum absolute atomic E-state index is 0.0361. The SMILES string of the molecule is CCCCOC(=O)NC1Cc2ccccc2C2OC12. The lowest BCUT2D eigenvalue weighted by molar-refractivity contribution is 0.138. The smallest absolute Gasteiger partial charge is 0.407 e. The van der Waals surface area contributed by atoms with E-state index >= 15 is 0 Å². The molecule has 1 aromatic carbocycles. The fourth-order valence-corrected chi connectivity index (χ4v) is 2.67. The van der Waals surface area contributed by atoms with Crippen molar-refractivity contribution in [3.63, 3.8) is 0 Å². The molecule has 1 aliphatic heterocycles. The van der Waals surface area contributed by atoms with E-state index in [-0.39, 0.29) is 24.3 Å². The van der Waals surface area contributed by atoms with Crippen LogP contribution in [0.4, 0.5) is 4.79 Å². The number of epoxide rings is 1. The van der Waals surface area contributed by atoms with Gasteiger partial charge in [-0.2, -0.15) is 0 Å². The summed E-state index contributed by atoms with van der Waals surface area (Å²) < 4.78 is 10.8. The molecule has 1 amide bonds. The molecule has 0 aromatic heterocycles. The molecule has 0 spiro atoms. The van der Waals surface area contributed by atoms with E-state index in [0.717, 1.165) is 19.3 Å². The lowest BCUT2D eigenvalue weighted by Gasteiger charge is -2.21. The first-order valence-corrected chi connectivity index (χ1v) is 6.96. The lowest BCUT2D eigenvalue weighted by atomic mass is 9.88. The van der Waals surface area contributed by atoms with Crippen LogP contribution in [0.3, 0.4) is 0 Å². The molecule has 0 radical (unpaired) electrons. The fraction of sp³-hybridized carbons (Fsp3) is 0.533. The zero-order valence-corrected chi connectivity index (χ0v) is 11.1. The third kappa shape index (κ3) is 2.59. The second-order valence-electron chi connectivity index (χ2n) is 5.16. The molecule has 3 rings (SSSR count). The third-order valence-electron chi connectivity index (χ3n) is 3.76. The maximum absolute atomic E-state index is 11.7. The van der Waals surface area contributed by atoms with Crippen LogP contribution in [0.2, 0.25) is 0 Å². The molecule has 4 heteroatoms. The van der Waals surface area contributed by atoms with Crippen molar-refractivity contribution >= 4 is 6.09 Å². The van der Waals surface area contributed by atoms with Crippen LogP contribution >= 0.6 is 0 Å². The Labute approximate surface area is 113 Å². The summed E-state index contributed by atoms with van der Waals surface area (Å²) in [5.41, 5.74) is 2.53. The van der Waals surface area contributed by atoms with Crippen LogP contribution in [0.1, 0.15) is 37.0 Å². The Morgan fingerprint density at radius 3 is 3.16 bits per heavy atom. The Morgan fingerprint density at radius 1 is 1.47 bits per heavy atom. The van der Waals surface area contributed by atoms with E-state index in [1.807, 2.05) is 12.1 Å². The van der Waals surface area contributed by atoms with Crippen molar-refractivity contribution in [2.24, 2.45) is 0 Å². The van der Waals surface area contributed by atoms with Gasteiger partial charge in [-0.15, -0.1) is 0 Å². The molecule has 1 aliphatic carbocycles. The minimum Gasteiger partial charge on any atom is -0.450 e. The number of alkyl carbamates (subject to hydrolysis) is 1. The number of fused-ring (bicyclic) bond motifs is 3. The van der Waals surface area contributed by atoms with Gasteiger partial charge in [-0.25, -0.2) is 4.79 Å². The van der Waals surface area contributed by atoms with Crippen molar-refractivity contribution in [1.29, 1.82) is 0 Å². The predicted molar refractivity (Wildman–Crippen MR) is 70.9 cm³/mol. The fourth-order valence-electron chi connectivity index (χ4n) is 2.67. The highest BCUT2D eigenvalue weighted by atomic mass is 16.6. The molecular weight excluding hydrogens is 242 g/mol. The highest BCUT2D eigenvalue weighted by molar-refractivity contribution is 5.68. The largest absolute Gasteiger partial charge is 0.450 e. The van der Waals surface area contributed by atoms with Gasteiger partial charge in [0, 0.05) is 0 Å². The van der Waals surface area contributed by atoms with E-state index in [9.17, 15) is 4.79 Å².